The molecule has 3 heterocycles. The molecule has 1 aromatic carbocycles. The van der Waals surface area contributed by atoms with Gasteiger partial charge in [0.25, 0.3) is 0 Å². The van der Waals surface area contributed by atoms with Crippen molar-refractivity contribution in [3.8, 4) is 11.3 Å². The molecule has 0 aliphatic rings. The summed E-state index contributed by atoms with van der Waals surface area (Å²) in [7, 11) is 1.95. The summed E-state index contributed by atoms with van der Waals surface area (Å²) < 4.78 is 1.89. The quantitative estimate of drug-likeness (QED) is 0.624. The topological polar surface area (TPSA) is 69.6 Å². The van der Waals surface area contributed by atoms with Crippen LogP contribution in [-0.4, -0.2) is 19.7 Å². The van der Waals surface area contributed by atoms with E-state index >= 15 is 0 Å². The zero-order valence-electron chi connectivity index (χ0n) is 14.0. The first-order valence-corrected chi connectivity index (χ1v) is 8.26. The normalized spacial score (nSPS) is 12.4. The second kappa shape index (κ2) is 6.45. The fourth-order valence-electron chi connectivity index (χ4n) is 3.17. The zero-order chi connectivity index (χ0) is 17.2. The van der Waals surface area contributed by atoms with Crippen LogP contribution in [0.1, 0.15) is 17.4 Å². The van der Waals surface area contributed by atoms with E-state index in [-0.39, 0.29) is 6.04 Å². The maximum absolute atomic E-state index is 6.48. The molecule has 0 bridgehead atoms. The Labute approximate surface area is 146 Å². The number of aromatic nitrogens is 4. The first-order chi connectivity index (χ1) is 12.2. The molecular weight excluding hydrogens is 310 g/mol. The van der Waals surface area contributed by atoms with Crippen molar-refractivity contribution < 1.29 is 0 Å². The second-order valence-electron chi connectivity index (χ2n) is 6.06. The van der Waals surface area contributed by atoms with Crippen molar-refractivity contribution in [2.24, 2.45) is 12.8 Å². The number of fused-ring (bicyclic) bond motifs is 1. The lowest BCUT2D eigenvalue weighted by Crippen LogP contribution is -2.16. The van der Waals surface area contributed by atoms with Gasteiger partial charge >= 0.3 is 0 Å². The summed E-state index contributed by atoms with van der Waals surface area (Å²) in [6, 6.07) is 17.8. The van der Waals surface area contributed by atoms with Gasteiger partial charge in [-0.05, 0) is 30.3 Å². The average molecular weight is 329 g/mol. The van der Waals surface area contributed by atoms with Crippen LogP contribution < -0.4 is 5.73 Å². The number of para-hydroxylation sites is 1. The highest BCUT2D eigenvalue weighted by Crippen LogP contribution is 2.31. The van der Waals surface area contributed by atoms with Crippen molar-refractivity contribution >= 4 is 10.9 Å². The van der Waals surface area contributed by atoms with Crippen molar-refractivity contribution in [2.45, 2.75) is 12.5 Å². The Balaban J connectivity index is 1.79. The lowest BCUT2D eigenvalue weighted by Gasteiger charge is -2.14. The molecule has 0 saturated carbocycles. The fraction of sp³-hybridized carbons (Fsp3) is 0.150. The molecule has 0 spiro atoms. The van der Waals surface area contributed by atoms with Gasteiger partial charge in [-0.25, -0.2) is 0 Å². The van der Waals surface area contributed by atoms with E-state index in [4.69, 9.17) is 10.8 Å². The summed E-state index contributed by atoms with van der Waals surface area (Å²) in [5, 5.41) is 5.82. The third-order valence-corrected chi connectivity index (χ3v) is 4.36. The van der Waals surface area contributed by atoms with Gasteiger partial charge < -0.3 is 5.73 Å². The number of nitrogens with two attached hydrogens (primary N) is 1. The Bertz CT molecular complexity index is 1010. The fourth-order valence-corrected chi connectivity index (χ4v) is 3.17. The minimum absolute atomic E-state index is 0.244. The van der Waals surface area contributed by atoms with Crippen molar-refractivity contribution in [3.05, 3.63) is 78.4 Å². The van der Waals surface area contributed by atoms with Gasteiger partial charge in [0.2, 0.25) is 0 Å². The molecule has 0 saturated heterocycles. The second-order valence-corrected chi connectivity index (χ2v) is 6.06. The Morgan fingerprint density at radius 3 is 2.60 bits per heavy atom. The summed E-state index contributed by atoms with van der Waals surface area (Å²) in [6.07, 6.45) is 4.20. The first kappa shape index (κ1) is 15.5. The molecule has 124 valence electrons. The number of aryl methyl sites for hydroxylation is 1. The summed E-state index contributed by atoms with van der Waals surface area (Å²) in [6.45, 7) is 0. The number of hydrogen-bond donors (Lipinski definition) is 1. The van der Waals surface area contributed by atoms with Crippen molar-refractivity contribution in [1.29, 1.82) is 0 Å². The SMILES string of the molecule is Cn1nc(-c2cccnc2C(N)Cc2ccccn2)c2ccccc21. The van der Waals surface area contributed by atoms with Crippen LogP contribution in [0.25, 0.3) is 22.2 Å². The van der Waals surface area contributed by atoms with Crippen molar-refractivity contribution in [2.75, 3.05) is 0 Å². The van der Waals surface area contributed by atoms with Gasteiger partial charge in [0.1, 0.15) is 5.69 Å². The van der Waals surface area contributed by atoms with E-state index in [1.165, 1.54) is 0 Å². The maximum atomic E-state index is 6.48. The highest BCUT2D eigenvalue weighted by Gasteiger charge is 2.19. The van der Waals surface area contributed by atoms with E-state index in [1.54, 1.807) is 12.4 Å². The Morgan fingerprint density at radius 1 is 0.960 bits per heavy atom. The van der Waals surface area contributed by atoms with Gasteiger partial charge in [0.15, 0.2) is 0 Å². The van der Waals surface area contributed by atoms with Gasteiger partial charge in [-0.3, -0.25) is 14.6 Å². The molecule has 2 N–H and O–H groups in total. The van der Waals surface area contributed by atoms with Gasteiger partial charge in [-0.15, -0.1) is 0 Å². The van der Waals surface area contributed by atoms with E-state index in [0.717, 1.165) is 33.5 Å². The van der Waals surface area contributed by atoms with Crippen molar-refractivity contribution in [1.82, 2.24) is 19.7 Å². The van der Waals surface area contributed by atoms with Crippen molar-refractivity contribution in [3.63, 3.8) is 0 Å². The summed E-state index contributed by atoms with van der Waals surface area (Å²) in [5.74, 6) is 0. The molecule has 1 atom stereocenters. The number of hydrogen-bond acceptors (Lipinski definition) is 4. The molecule has 5 nitrogen and oxygen atoms in total. The number of benzene rings is 1. The highest BCUT2D eigenvalue weighted by atomic mass is 15.3. The number of rotatable bonds is 4. The zero-order valence-corrected chi connectivity index (χ0v) is 14.0. The third-order valence-electron chi connectivity index (χ3n) is 4.36. The Hall–Kier alpha value is -3.05. The molecular formula is C20H19N5. The van der Waals surface area contributed by atoms with Gasteiger partial charge in [-0.2, -0.15) is 5.10 Å². The van der Waals surface area contributed by atoms with Crippen LogP contribution in [0, 0.1) is 0 Å². The molecule has 0 radical (unpaired) electrons. The Morgan fingerprint density at radius 2 is 1.76 bits per heavy atom. The molecule has 3 aromatic heterocycles. The van der Waals surface area contributed by atoms with Crippen LogP contribution in [0.5, 0.6) is 0 Å². The Kier molecular flexibility index (Phi) is 3.99. The van der Waals surface area contributed by atoms with Gasteiger partial charge in [0, 0.05) is 42.5 Å². The molecule has 4 rings (SSSR count). The lowest BCUT2D eigenvalue weighted by molar-refractivity contribution is 0.684. The molecule has 0 amide bonds. The van der Waals surface area contributed by atoms with Crippen LogP contribution in [0.15, 0.2) is 67.0 Å². The van der Waals surface area contributed by atoms with Crippen LogP contribution >= 0.6 is 0 Å². The van der Waals surface area contributed by atoms with E-state index in [0.29, 0.717) is 6.42 Å². The minimum Gasteiger partial charge on any atom is -0.322 e. The van der Waals surface area contributed by atoms with Crippen LogP contribution in [0.3, 0.4) is 0 Å². The smallest absolute Gasteiger partial charge is 0.102 e. The third kappa shape index (κ3) is 2.90. The molecule has 0 fully saturated rings. The lowest BCUT2D eigenvalue weighted by atomic mass is 9.99. The standard InChI is InChI=1S/C20H19N5/c1-25-18-10-3-2-8-15(18)19(24-25)16-9-6-12-23-20(16)17(21)13-14-7-4-5-11-22-14/h2-12,17H,13,21H2,1H3. The van der Waals surface area contributed by atoms with Crippen LogP contribution in [0.4, 0.5) is 0 Å². The minimum atomic E-state index is -0.244. The monoisotopic (exact) mass is 329 g/mol. The van der Waals surface area contributed by atoms with Gasteiger partial charge in [0.05, 0.1) is 17.3 Å². The number of pyridine rings is 2. The van der Waals surface area contributed by atoms with E-state index in [2.05, 4.69) is 22.1 Å². The summed E-state index contributed by atoms with van der Waals surface area (Å²) >= 11 is 0. The van der Waals surface area contributed by atoms with Crippen LogP contribution in [-0.2, 0) is 13.5 Å². The molecule has 1 unspecified atom stereocenters. The van der Waals surface area contributed by atoms with E-state index < -0.39 is 0 Å². The van der Waals surface area contributed by atoms with Crippen LogP contribution in [0.2, 0.25) is 0 Å². The maximum Gasteiger partial charge on any atom is 0.102 e. The molecule has 5 heteroatoms. The van der Waals surface area contributed by atoms with E-state index in [1.807, 2.05) is 54.2 Å². The molecule has 4 aromatic rings. The predicted molar refractivity (Wildman–Crippen MR) is 98.8 cm³/mol. The van der Waals surface area contributed by atoms with Gasteiger partial charge in [-0.1, -0.05) is 24.3 Å². The largest absolute Gasteiger partial charge is 0.322 e. The highest BCUT2D eigenvalue weighted by molar-refractivity contribution is 5.93. The molecule has 0 aliphatic heterocycles. The number of nitrogens with zero attached hydrogens (tertiary/aromatic N) is 4. The molecule has 0 aliphatic carbocycles. The molecule has 25 heavy (non-hydrogen) atoms. The van der Waals surface area contributed by atoms with E-state index in [9.17, 15) is 0 Å². The summed E-state index contributed by atoms with van der Waals surface area (Å²) in [5.41, 5.74) is 11.3. The first-order valence-electron chi connectivity index (χ1n) is 8.26. The predicted octanol–water partition coefficient (Wildman–Crippen LogP) is 3.27. The average Bonchev–Trinajstić information content (AvgIpc) is 3.00. The summed E-state index contributed by atoms with van der Waals surface area (Å²) in [4.78, 5) is 8.94.